The number of halogens is 2. The van der Waals surface area contributed by atoms with Crippen LogP contribution in [0.4, 0.5) is 8.78 Å². The first-order valence-electron chi connectivity index (χ1n) is 7.54. The molecule has 0 aliphatic heterocycles. The Morgan fingerprint density at radius 1 is 0.880 bits per heavy atom. The maximum Gasteiger partial charge on any atom is 0.259 e. The molecule has 4 nitrogen and oxygen atoms in total. The molecule has 0 saturated carbocycles. The van der Waals surface area contributed by atoms with Crippen LogP contribution in [0.3, 0.4) is 0 Å². The van der Waals surface area contributed by atoms with Crippen LogP contribution in [0.25, 0.3) is 0 Å². The molecule has 1 N–H and O–H groups in total. The minimum Gasteiger partial charge on any atom is -0.436 e. The molecule has 0 aliphatic carbocycles. The second kappa shape index (κ2) is 7.27. The van der Waals surface area contributed by atoms with Crippen LogP contribution in [-0.4, -0.2) is 10.1 Å². The molecule has 3 aromatic rings. The van der Waals surface area contributed by atoms with Gasteiger partial charge in [-0.25, -0.2) is 8.78 Å². The fraction of sp³-hybridized carbons (Fsp3) is 0.105. The molecule has 0 fully saturated rings. The molecule has 0 amide bonds. The minimum absolute atomic E-state index is 0.183. The highest BCUT2D eigenvalue weighted by Gasteiger charge is 2.20. The van der Waals surface area contributed by atoms with Gasteiger partial charge in [-0.3, -0.25) is 0 Å². The van der Waals surface area contributed by atoms with Crippen molar-refractivity contribution >= 4 is 0 Å². The number of rotatable bonds is 5. The summed E-state index contributed by atoms with van der Waals surface area (Å²) in [6.45, 7) is 1.10. The van der Waals surface area contributed by atoms with Crippen LogP contribution in [0.2, 0.25) is 0 Å². The molecule has 3 rings (SSSR count). The minimum atomic E-state index is -0.910. The van der Waals surface area contributed by atoms with E-state index >= 15 is 0 Å². The van der Waals surface area contributed by atoms with Gasteiger partial charge in [0.2, 0.25) is 0 Å². The average molecular weight is 343 g/mol. The Hall–Kier alpha value is -2.99. The highest BCUT2D eigenvalue weighted by atomic mass is 19.1. The van der Waals surface area contributed by atoms with Crippen molar-refractivity contribution < 1.29 is 23.4 Å². The Morgan fingerprint density at radius 2 is 1.48 bits per heavy atom. The Labute approximate surface area is 143 Å². The monoisotopic (exact) mass is 343 g/mol. The summed E-state index contributed by atoms with van der Waals surface area (Å²) in [4.78, 5) is 3.82. The zero-order valence-corrected chi connectivity index (χ0v) is 13.4. The summed E-state index contributed by atoms with van der Waals surface area (Å²) in [5, 5.41) is 9.16. The molecule has 6 heteroatoms. The summed E-state index contributed by atoms with van der Waals surface area (Å²) in [7, 11) is 0. The molecule has 25 heavy (non-hydrogen) atoms. The van der Waals surface area contributed by atoms with E-state index < -0.39 is 17.5 Å². The smallest absolute Gasteiger partial charge is 0.259 e. The molecule has 2 aromatic carbocycles. The summed E-state index contributed by atoms with van der Waals surface area (Å²) < 4.78 is 39.4. The number of aliphatic hydroxyl groups excluding tert-OH is 1. The lowest BCUT2D eigenvalue weighted by molar-refractivity contribution is 0.281. The molecule has 0 saturated heterocycles. The summed E-state index contributed by atoms with van der Waals surface area (Å²) in [6.07, 6.45) is 0. The van der Waals surface area contributed by atoms with Crippen molar-refractivity contribution in [2.45, 2.75) is 13.5 Å². The maximum absolute atomic E-state index is 14.3. The van der Waals surface area contributed by atoms with Crippen LogP contribution < -0.4 is 9.47 Å². The van der Waals surface area contributed by atoms with Gasteiger partial charge in [0, 0.05) is 5.56 Å². The third-order valence-electron chi connectivity index (χ3n) is 3.49. The second-order valence-electron chi connectivity index (χ2n) is 5.30. The number of nitrogens with zero attached hydrogens (tertiary/aromatic N) is 1. The summed E-state index contributed by atoms with van der Waals surface area (Å²) in [5.41, 5.74) is 0.340. The predicted molar refractivity (Wildman–Crippen MR) is 87.8 cm³/mol. The van der Waals surface area contributed by atoms with Crippen molar-refractivity contribution in [3.05, 3.63) is 77.4 Å². The van der Waals surface area contributed by atoms with Crippen LogP contribution >= 0.6 is 0 Å². The predicted octanol–water partition coefficient (Wildman–Crippen LogP) is 4.75. The second-order valence-corrected chi connectivity index (χ2v) is 5.30. The van der Waals surface area contributed by atoms with E-state index in [4.69, 9.17) is 14.6 Å². The van der Waals surface area contributed by atoms with E-state index in [9.17, 15) is 8.78 Å². The quantitative estimate of drug-likeness (QED) is 0.727. The van der Waals surface area contributed by atoms with Gasteiger partial charge in [-0.05, 0) is 36.8 Å². The largest absolute Gasteiger partial charge is 0.436 e. The van der Waals surface area contributed by atoms with Gasteiger partial charge in [-0.15, -0.1) is 0 Å². The van der Waals surface area contributed by atoms with E-state index in [-0.39, 0.29) is 23.8 Å². The molecule has 0 radical (unpaired) electrons. The number of aliphatic hydroxyl groups is 1. The third kappa shape index (κ3) is 3.75. The molecular weight excluding hydrogens is 328 g/mol. The van der Waals surface area contributed by atoms with E-state index in [1.807, 2.05) is 0 Å². The SMILES string of the molecule is Cc1c(F)c(Oc2ccccc2)nc(Oc2cccc(CO)c2)c1F. The average Bonchev–Trinajstić information content (AvgIpc) is 2.65. The van der Waals surface area contributed by atoms with E-state index in [1.54, 1.807) is 48.5 Å². The van der Waals surface area contributed by atoms with E-state index in [0.29, 0.717) is 11.3 Å². The summed E-state index contributed by atoms with van der Waals surface area (Å²) in [6, 6.07) is 15.0. The molecular formula is C19H15F2NO3. The standard InChI is InChI=1S/C19H15F2NO3/c1-12-16(20)18(24-14-7-3-2-4-8-14)22-19(17(12)21)25-15-9-5-6-13(10-15)11-23/h2-10,23H,11H2,1H3. The molecule has 1 heterocycles. The zero-order valence-electron chi connectivity index (χ0n) is 13.4. The van der Waals surface area contributed by atoms with Gasteiger partial charge in [0.15, 0.2) is 11.6 Å². The topological polar surface area (TPSA) is 51.6 Å². The fourth-order valence-corrected chi connectivity index (χ4v) is 2.16. The molecule has 0 bridgehead atoms. The van der Waals surface area contributed by atoms with Crippen LogP contribution in [-0.2, 0) is 6.61 Å². The van der Waals surface area contributed by atoms with Crippen molar-refractivity contribution in [3.8, 4) is 23.3 Å². The highest BCUT2D eigenvalue weighted by molar-refractivity contribution is 5.38. The van der Waals surface area contributed by atoms with Crippen LogP contribution in [0.15, 0.2) is 54.6 Å². The van der Waals surface area contributed by atoms with Gasteiger partial charge in [-0.2, -0.15) is 4.98 Å². The number of para-hydroxylation sites is 1. The lowest BCUT2D eigenvalue weighted by atomic mass is 10.2. The van der Waals surface area contributed by atoms with Crippen molar-refractivity contribution in [1.82, 2.24) is 4.98 Å². The van der Waals surface area contributed by atoms with Crippen molar-refractivity contribution in [1.29, 1.82) is 0 Å². The number of ether oxygens (including phenoxy) is 2. The normalized spacial score (nSPS) is 10.6. The van der Waals surface area contributed by atoms with Gasteiger partial charge < -0.3 is 14.6 Å². The number of hydrogen-bond acceptors (Lipinski definition) is 4. The number of benzene rings is 2. The molecule has 0 aliphatic rings. The first-order valence-corrected chi connectivity index (χ1v) is 7.54. The van der Waals surface area contributed by atoms with Gasteiger partial charge in [-0.1, -0.05) is 30.3 Å². The van der Waals surface area contributed by atoms with Crippen LogP contribution in [0.5, 0.6) is 23.3 Å². The number of pyridine rings is 1. The van der Waals surface area contributed by atoms with Gasteiger partial charge in [0.1, 0.15) is 11.5 Å². The van der Waals surface area contributed by atoms with Crippen molar-refractivity contribution in [2.24, 2.45) is 0 Å². The first kappa shape index (κ1) is 16.9. The van der Waals surface area contributed by atoms with Crippen molar-refractivity contribution in [2.75, 3.05) is 0 Å². The summed E-state index contributed by atoms with van der Waals surface area (Å²) >= 11 is 0. The summed E-state index contributed by atoms with van der Waals surface area (Å²) in [5.74, 6) is -1.94. The highest BCUT2D eigenvalue weighted by Crippen LogP contribution is 2.32. The zero-order chi connectivity index (χ0) is 17.8. The van der Waals surface area contributed by atoms with E-state index in [2.05, 4.69) is 4.98 Å². The van der Waals surface area contributed by atoms with E-state index in [1.165, 1.54) is 13.0 Å². The lowest BCUT2D eigenvalue weighted by Crippen LogP contribution is -2.02. The first-order chi connectivity index (χ1) is 12.1. The molecule has 1 aromatic heterocycles. The maximum atomic E-state index is 14.3. The number of hydrogen-bond donors (Lipinski definition) is 1. The molecule has 128 valence electrons. The van der Waals surface area contributed by atoms with Gasteiger partial charge in [0.05, 0.1) is 6.61 Å². The lowest BCUT2D eigenvalue weighted by Gasteiger charge is -2.12. The molecule has 0 spiro atoms. The Balaban J connectivity index is 1.96. The van der Waals surface area contributed by atoms with Gasteiger partial charge >= 0.3 is 0 Å². The molecule has 0 atom stereocenters. The fourth-order valence-electron chi connectivity index (χ4n) is 2.16. The Bertz CT molecular complexity index is 885. The van der Waals surface area contributed by atoms with Crippen LogP contribution in [0, 0.1) is 18.6 Å². The van der Waals surface area contributed by atoms with E-state index in [0.717, 1.165) is 0 Å². The molecule has 0 unspecified atom stereocenters. The van der Waals surface area contributed by atoms with Gasteiger partial charge in [0.25, 0.3) is 11.8 Å². The Kier molecular flexibility index (Phi) is 4.90. The third-order valence-corrected chi connectivity index (χ3v) is 3.49. The van der Waals surface area contributed by atoms with Crippen molar-refractivity contribution in [3.63, 3.8) is 0 Å². The van der Waals surface area contributed by atoms with Crippen LogP contribution in [0.1, 0.15) is 11.1 Å². The number of aromatic nitrogens is 1. The Morgan fingerprint density at radius 3 is 2.12 bits per heavy atom.